The smallest absolute Gasteiger partial charge is 0.311 e. The van der Waals surface area contributed by atoms with E-state index in [-0.39, 0.29) is 25.3 Å². The average Bonchev–Trinajstić information content (AvgIpc) is 2.63. The molecule has 0 saturated heterocycles. The van der Waals surface area contributed by atoms with Crippen molar-refractivity contribution in [3.63, 3.8) is 0 Å². The van der Waals surface area contributed by atoms with Gasteiger partial charge in [0.05, 0.1) is 4.92 Å². The first-order chi connectivity index (χ1) is 12.9. The summed E-state index contributed by atoms with van der Waals surface area (Å²) in [5.41, 5.74) is 5.52. The molecule has 27 heavy (non-hydrogen) atoms. The third-order valence-electron chi connectivity index (χ3n) is 3.67. The van der Waals surface area contributed by atoms with Crippen LogP contribution in [0.25, 0.3) is 0 Å². The molecule has 0 aliphatic rings. The lowest BCUT2D eigenvalue weighted by Crippen LogP contribution is -2.36. The van der Waals surface area contributed by atoms with Crippen LogP contribution in [0, 0.1) is 15.9 Å². The Labute approximate surface area is 154 Å². The summed E-state index contributed by atoms with van der Waals surface area (Å²) < 4.78 is 18.5. The first-order valence-electron chi connectivity index (χ1n) is 8.03. The van der Waals surface area contributed by atoms with Gasteiger partial charge in [0.15, 0.2) is 6.61 Å². The summed E-state index contributed by atoms with van der Waals surface area (Å²) in [5, 5.41) is 11.0. The van der Waals surface area contributed by atoms with Crippen LogP contribution in [0.5, 0.6) is 5.75 Å². The Morgan fingerprint density at radius 1 is 1.19 bits per heavy atom. The molecule has 8 nitrogen and oxygen atoms in total. The predicted octanol–water partition coefficient (Wildman–Crippen LogP) is 2.02. The second kappa shape index (κ2) is 9.27. The topological polar surface area (TPSA) is 116 Å². The highest BCUT2D eigenvalue weighted by Gasteiger charge is 2.20. The highest BCUT2D eigenvalue weighted by Crippen LogP contribution is 2.27. The molecule has 2 aromatic rings. The van der Waals surface area contributed by atoms with Crippen molar-refractivity contribution >= 4 is 17.5 Å². The number of benzene rings is 2. The number of nitro benzene ring substituents is 1. The lowest BCUT2D eigenvalue weighted by atomic mass is 10.2. The van der Waals surface area contributed by atoms with Crippen molar-refractivity contribution in [2.45, 2.75) is 13.0 Å². The maximum absolute atomic E-state index is 13.3. The van der Waals surface area contributed by atoms with Crippen LogP contribution in [0.3, 0.4) is 0 Å². The fourth-order valence-electron chi connectivity index (χ4n) is 2.33. The molecule has 0 spiro atoms. The quantitative estimate of drug-likeness (QED) is 0.532. The van der Waals surface area contributed by atoms with E-state index in [9.17, 15) is 24.1 Å². The molecule has 0 saturated carbocycles. The molecule has 2 rings (SSSR count). The zero-order valence-corrected chi connectivity index (χ0v) is 14.3. The van der Waals surface area contributed by atoms with Gasteiger partial charge in [-0.15, -0.1) is 0 Å². The van der Waals surface area contributed by atoms with E-state index in [2.05, 4.69) is 0 Å². The molecule has 0 heterocycles. The van der Waals surface area contributed by atoms with Gasteiger partial charge in [-0.05, 0) is 11.6 Å². The summed E-state index contributed by atoms with van der Waals surface area (Å²) >= 11 is 0. The summed E-state index contributed by atoms with van der Waals surface area (Å²) in [5.74, 6) is -2.15. The molecule has 2 aromatic carbocycles. The minimum absolute atomic E-state index is 0.0430. The van der Waals surface area contributed by atoms with Gasteiger partial charge in [0.25, 0.3) is 5.91 Å². The number of nitrogens with zero attached hydrogens (tertiary/aromatic N) is 2. The lowest BCUT2D eigenvalue weighted by Gasteiger charge is -2.22. The number of amides is 2. The zero-order chi connectivity index (χ0) is 19.8. The SMILES string of the molecule is NC(=O)CCN(Cc1ccccc1)C(=O)COc1cc(F)ccc1[N+](=O)[O-]. The van der Waals surface area contributed by atoms with Crippen molar-refractivity contribution in [3.05, 3.63) is 70.0 Å². The highest BCUT2D eigenvalue weighted by molar-refractivity contribution is 5.79. The van der Waals surface area contributed by atoms with Crippen LogP contribution in [0.2, 0.25) is 0 Å². The van der Waals surface area contributed by atoms with Crippen molar-refractivity contribution in [2.24, 2.45) is 5.73 Å². The molecule has 0 aliphatic heterocycles. The van der Waals surface area contributed by atoms with Crippen LogP contribution in [0.4, 0.5) is 10.1 Å². The van der Waals surface area contributed by atoms with Crippen molar-refractivity contribution in [2.75, 3.05) is 13.2 Å². The first-order valence-corrected chi connectivity index (χ1v) is 8.03. The number of carbonyl (C=O) groups is 2. The Morgan fingerprint density at radius 2 is 1.89 bits per heavy atom. The monoisotopic (exact) mass is 375 g/mol. The molecule has 0 fully saturated rings. The highest BCUT2D eigenvalue weighted by atomic mass is 19.1. The van der Waals surface area contributed by atoms with E-state index in [4.69, 9.17) is 10.5 Å². The molecule has 0 atom stereocenters. The van der Waals surface area contributed by atoms with Gasteiger partial charge in [-0.25, -0.2) is 4.39 Å². The molecule has 0 aromatic heterocycles. The third kappa shape index (κ3) is 6.07. The summed E-state index contributed by atoms with van der Waals surface area (Å²) in [4.78, 5) is 35.1. The lowest BCUT2D eigenvalue weighted by molar-refractivity contribution is -0.385. The fourth-order valence-corrected chi connectivity index (χ4v) is 2.33. The maximum Gasteiger partial charge on any atom is 0.311 e. The molecule has 0 bridgehead atoms. The summed E-state index contributed by atoms with van der Waals surface area (Å²) in [6, 6.07) is 11.8. The molecule has 0 radical (unpaired) electrons. The first kappa shape index (κ1) is 19.8. The van der Waals surface area contributed by atoms with E-state index in [1.54, 1.807) is 12.1 Å². The van der Waals surface area contributed by atoms with Gasteiger partial charge in [-0.1, -0.05) is 30.3 Å². The molecule has 0 aliphatic carbocycles. The predicted molar refractivity (Wildman–Crippen MR) is 94.2 cm³/mol. The summed E-state index contributed by atoms with van der Waals surface area (Å²) in [6.45, 7) is -0.269. The van der Waals surface area contributed by atoms with E-state index in [0.29, 0.717) is 0 Å². The number of hydrogen-bond donors (Lipinski definition) is 1. The molecular weight excluding hydrogens is 357 g/mol. The van der Waals surface area contributed by atoms with Gasteiger partial charge in [0, 0.05) is 31.6 Å². The Balaban J connectivity index is 2.10. The molecular formula is C18H18FN3O5. The van der Waals surface area contributed by atoms with Crippen molar-refractivity contribution in [1.29, 1.82) is 0 Å². The summed E-state index contributed by atoms with van der Waals surface area (Å²) in [6.07, 6.45) is -0.0430. The zero-order valence-electron chi connectivity index (χ0n) is 14.3. The Hall–Kier alpha value is -3.49. The van der Waals surface area contributed by atoms with Crippen LogP contribution < -0.4 is 10.5 Å². The normalized spacial score (nSPS) is 10.3. The molecule has 0 unspecified atom stereocenters. The second-order valence-electron chi connectivity index (χ2n) is 5.68. The van der Waals surface area contributed by atoms with Crippen LogP contribution in [-0.2, 0) is 16.1 Å². The number of hydrogen-bond acceptors (Lipinski definition) is 5. The van der Waals surface area contributed by atoms with Crippen LogP contribution >= 0.6 is 0 Å². The molecule has 142 valence electrons. The van der Waals surface area contributed by atoms with E-state index in [0.717, 1.165) is 23.8 Å². The number of rotatable bonds is 9. The van der Waals surface area contributed by atoms with E-state index in [1.165, 1.54) is 4.90 Å². The van der Waals surface area contributed by atoms with Gasteiger partial charge in [0.2, 0.25) is 11.7 Å². The third-order valence-corrected chi connectivity index (χ3v) is 3.67. The number of halogens is 1. The number of nitro groups is 1. The van der Waals surface area contributed by atoms with Crippen LogP contribution in [-0.4, -0.2) is 34.8 Å². The molecule has 9 heteroatoms. The largest absolute Gasteiger partial charge is 0.477 e. The van der Waals surface area contributed by atoms with Crippen molar-refractivity contribution in [3.8, 4) is 5.75 Å². The maximum atomic E-state index is 13.3. The number of carbonyl (C=O) groups excluding carboxylic acids is 2. The molecule has 2 N–H and O–H groups in total. The Bertz CT molecular complexity index is 829. The minimum atomic E-state index is -0.728. The van der Waals surface area contributed by atoms with E-state index < -0.39 is 34.8 Å². The number of primary amides is 1. The van der Waals surface area contributed by atoms with Gasteiger partial charge < -0.3 is 15.4 Å². The average molecular weight is 375 g/mol. The van der Waals surface area contributed by atoms with Gasteiger partial charge in [-0.3, -0.25) is 19.7 Å². The van der Waals surface area contributed by atoms with Crippen molar-refractivity contribution < 1.29 is 23.6 Å². The Morgan fingerprint density at radius 3 is 2.52 bits per heavy atom. The van der Waals surface area contributed by atoms with Gasteiger partial charge in [0.1, 0.15) is 5.82 Å². The van der Waals surface area contributed by atoms with E-state index in [1.807, 2.05) is 18.2 Å². The minimum Gasteiger partial charge on any atom is -0.477 e. The van der Waals surface area contributed by atoms with Crippen LogP contribution in [0.15, 0.2) is 48.5 Å². The second-order valence-corrected chi connectivity index (χ2v) is 5.68. The fraction of sp³-hybridized carbons (Fsp3) is 0.222. The van der Waals surface area contributed by atoms with Gasteiger partial charge in [-0.2, -0.15) is 0 Å². The van der Waals surface area contributed by atoms with E-state index >= 15 is 0 Å². The number of nitrogens with two attached hydrogens (primary N) is 1. The van der Waals surface area contributed by atoms with Gasteiger partial charge >= 0.3 is 5.69 Å². The Kier molecular flexibility index (Phi) is 6.81. The standard InChI is InChI=1S/C18H18FN3O5/c19-14-6-7-15(22(25)26)16(10-14)27-12-18(24)21(9-8-17(20)23)11-13-4-2-1-3-5-13/h1-7,10H,8-9,11-12H2,(H2,20,23). The van der Waals surface area contributed by atoms with Crippen LogP contribution in [0.1, 0.15) is 12.0 Å². The number of ether oxygens (including phenoxy) is 1. The summed E-state index contributed by atoms with van der Waals surface area (Å²) in [7, 11) is 0. The molecule has 2 amide bonds. The van der Waals surface area contributed by atoms with Crippen molar-refractivity contribution in [1.82, 2.24) is 4.90 Å².